The van der Waals surface area contributed by atoms with Crippen molar-refractivity contribution < 1.29 is 73.4 Å². The lowest BCUT2D eigenvalue weighted by Crippen LogP contribution is -2.60. The molecule has 6 atom stereocenters. The third-order valence-corrected chi connectivity index (χ3v) is 6.95. The van der Waals surface area contributed by atoms with Gasteiger partial charge in [0.15, 0.2) is 17.3 Å². The summed E-state index contributed by atoms with van der Waals surface area (Å²) >= 11 is 0. The van der Waals surface area contributed by atoms with E-state index in [0.717, 1.165) is 13.0 Å². The quantitative estimate of drug-likeness (QED) is 0.139. The maximum absolute atomic E-state index is 13.7. The summed E-state index contributed by atoms with van der Waals surface area (Å²) in [6.07, 6.45) is -10.6. The van der Waals surface area contributed by atoms with Crippen molar-refractivity contribution in [2.75, 3.05) is 20.8 Å². The number of benzene rings is 2. The molecule has 1 fully saturated rings. The van der Waals surface area contributed by atoms with E-state index in [9.17, 15) is 45.0 Å². The molecule has 16 nitrogen and oxygen atoms in total. The highest BCUT2D eigenvalue weighted by atomic mass is 16.7. The van der Waals surface area contributed by atoms with Crippen LogP contribution in [-0.2, 0) is 19.1 Å². The summed E-state index contributed by atoms with van der Waals surface area (Å²) in [6.45, 7) is 0.379. The molecule has 0 amide bonds. The van der Waals surface area contributed by atoms with E-state index in [2.05, 4.69) is 0 Å². The molecule has 244 valence electrons. The Morgan fingerprint density at radius 3 is 2.31 bits per heavy atom. The number of carbonyl (C=O) groups excluding carboxylic acids is 1. The van der Waals surface area contributed by atoms with Crippen molar-refractivity contribution in [3.8, 4) is 40.1 Å². The van der Waals surface area contributed by atoms with Crippen LogP contribution in [0, 0.1) is 0 Å². The monoisotopic (exact) mass is 636 g/mol. The summed E-state index contributed by atoms with van der Waals surface area (Å²) in [7, 11) is 2.62. The summed E-state index contributed by atoms with van der Waals surface area (Å²) in [6, 6.07) is 6.38. The lowest BCUT2D eigenvalue weighted by molar-refractivity contribution is -0.278. The minimum atomic E-state index is -1.97. The molecule has 1 aliphatic heterocycles. The van der Waals surface area contributed by atoms with Gasteiger partial charge >= 0.3 is 11.9 Å². The Bertz CT molecular complexity index is 1630. The highest BCUT2D eigenvalue weighted by molar-refractivity contribution is 5.88. The van der Waals surface area contributed by atoms with Crippen molar-refractivity contribution in [2.45, 2.75) is 56.1 Å². The Kier molecular flexibility index (Phi) is 9.74. The normalized spacial score (nSPS) is 22.8. The van der Waals surface area contributed by atoms with E-state index in [0.29, 0.717) is 0 Å². The number of esters is 1. The highest BCUT2D eigenvalue weighted by Gasteiger charge is 2.46. The van der Waals surface area contributed by atoms with E-state index in [1.807, 2.05) is 0 Å². The first-order valence-electron chi connectivity index (χ1n) is 13.4. The van der Waals surface area contributed by atoms with Gasteiger partial charge in [-0.25, -0.2) is 0 Å². The number of rotatable bonds is 11. The molecule has 45 heavy (non-hydrogen) atoms. The Hall–Kier alpha value is -4.61. The lowest BCUT2D eigenvalue weighted by atomic mass is 9.98. The molecule has 1 aliphatic rings. The van der Waals surface area contributed by atoms with Crippen molar-refractivity contribution in [3.05, 3.63) is 40.6 Å². The summed E-state index contributed by atoms with van der Waals surface area (Å²) in [4.78, 5) is 36.9. The Labute approximate surface area is 254 Å². The molecule has 2 aromatic carbocycles. The molecule has 1 aromatic heterocycles. The zero-order chi connectivity index (χ0) is 33.2. The minimum absolute atomic E-state index is 0.00797. The van der Waals surface area contributed by atoms with Gasteiger partial charge in [0.05, 0.1) is 32.7 Å². The van der Waals surface area contributed by atoms with Crippen LogP contribution in [0.2, 0.25) is 0 Å². The number of hydrogen-bond donors (Lipinski definition) is 7. The SMILES string of the molecule is COc1cc(O)c2c(=O)c(O[C@@H]3O[C@H](COC(=O)C[C@](C)(O)CC(=O)O)[C@@H](O)[C@H](O)[C@H]3O)c(-c3ccc(O)c(OC)c3)oc2c1. The predicted octanol–water partition coefficient (Wildman–Crippen LogP) is 0.234. The molecule has 7 N–H and O–H groups in total. The average molecular weight is 637 g/mol. The number of methoxy groups -OCH3 is 2. The zero-order valence-electron chi connectivity index (χ0n) is 24.2. The molecule has 0 radical (unpaired) electrons. The third kappa shape index (κ3) is 7.21. The van der Waals surface area contributed by atoms with Gasteiger partial charge in [0.1, 0.15) is 53.5 Å². The van der Waals surface area contributed by atoms with Gasteiger partial charge in [-0.05, 0) is 25.1 Å². The summed E-state index contributed by atoms with van der Waals surface area (Å²) in [5, 5.41) is 71.0. The fourth-order valence-corrected chi connectivity index (χ4v) is 4.68. The molecule has 2 heterocycles. The number of phenols is 2. The molecule has 0 bridgehead atoms. The Morgan fingerprint density at radius 1 is 0.956 bits per heavy atom. The van der Waals surface area contributed by atoms with Crippen LogP contribution in [0.1, 0.15) is 19.8 Å². The first kappa shape index (κ1) is 33.3. The number of aliphatic hydroxyl groups excluding tert-OH is 3. The number of aliphatic hydroxyl groups is 4. The number of aliphatic carboxylic acids is 1. The number of aromatic hydroxyl groups is 2. The van der Waals surface area contributed by atoms with Crippen LogP contribution in [0.3, 0.4) is 0 Å². The van der Waals surface area contributed by atoms with Gasteiger partial charge < -0.3 is 63.8 Å². The van der Waals surface area contributed by atoms with E-state index >= 15 is 0 Å². The standard InChI is InChI=1S/C29H32O16/c1-29(39,9-19(32)33)10-20(34)42-11-18-22(35)24(37)25(38)28(44-18)45-27-23(36)21-15(31)7-13(40-2)8-17(21)43-26(27)12-4-5-14(30)16(6-12)41-3/h4-8,18,22,24-25,28,30-31,35,37-39H,9-11H2,1-3H3,(H,32,33)/t18-,22-,24+,25-,28+,29-/m1/s1. The second kappa shape index (κ2) is 13.2. The molecule has 16 heteroatoms. The van der Waals surface area contributed by atoms with Crippen LogP contribution in [0.4, 0.5) is 0 Å². The number of carbonyl (C=O) groups is 2. The molecule has 0 aliphatic carbocycles. The number of phenolic OH excluding ortho intramolecular Hbond substituents is 2. The van der Waals surface area contributed by atoms with E-state index in [1.165, 1.54) is 38.5 Å². The van der Waals surface area contributed by atoms with Gasteiger partial charge in [0.2, 0.25) is 17.5 Å². The van der Waals surface area contributed by atoms with Crippen LogP contribution >= 0.6 is 0 Å². The minimum Gasteiger partial charge on any atom is -0.507 e. The van der Waals surface area contributed by atoms with E-state index in [1.54, 1.807) is 0 Å². The fraction of sp³-hybridized carbons (Fsp3) is 0.414. The number of hydrogen-bond acceptors (Lipinski definition) is 15. The van der Waals surface area contributed by atoms with Gasteiger partial charge in [0.25, 0.3) is 0 Å². The van der Waals surface area contributed by atoms with Crippen LogP contribution in [0.15, 0.2) is 39.5 Å². The molecular weight excluding hydrogens is 604 g/mol. The molecule has 0 spiro atoms. The molecular formula is C29H32O16. The Balaban J connectivity index is 1.70. The smallest absolute Gasteiger partial charge is 0.308 e. The predicted molar refractivity (Wildman–Crippen MR) is 150 cm³/mol. The van der Waals surface area contributed by atoms with Crippen molar-refractivity contribution in [1.29, 1.82) is 0 Å². The van der Waals surface area contributed by atoms with Gasteiger partial charge in [-0.2, -0.15) is 0 Å². The maximum atomic E-state index is 13.7. The van der Waals surface area contributed by atoms with Gasteiger partial charge in [0, 0.05) is 17.7 Å². The van der Waals surface area contributed by atoms with Gasteiger partial charge in [-0.1, -0.05) is 0 Å². The van der Waals surface area contributed by atoms with Crippen LogP contribution in [0.5, 0.6) is 28.7 Å². The maximum Gasteiger partial charge on any atom is 0.308 e. The number of ether oxygens (including phenoxy) is 5. The van der Waals surface area contributed by atoms with E-state index in [-0.39, 0.29) is 39.5 Å². The van der Waals surface area contributed by atoms with Crippen LogP contribution in [-0.4, -0.2) is 105 Å². The molecule has 1 saturated heterocycles. The fourth-order valence-electron chi connectivity index (χ4n) is 4.68. The first-order chi connectivity index (χ1) is 21.1. The van der Waals surface area contributed by atoms with Gasteiger partial charge in [-0.15, -0.1) is 0 Å². The topological polar surface area (TPSA) is 252 Å². The summed E-state index contributed by atoms with van der Waals surface area (Å²) in [5.74, 6) is -3.95. The highest BCUT2D eigenvalue weighted by Crippen LogP contribution is 2.39. The number of fused-ring (bicyclic) bond motifs is 1. The van der Waals surface area contributed by atoms with E-state index in [4.69, 9.17) is 33.2 Å². The van der Waals surface area contributed by atoms with Crippen molar-refractivity contribution >= 4 is 22.9 Å². The van der Waals surface area contributed by atoms with Gasteiger partial charge in [-0.3, -0.25) is 14.4 Å². The first-order valence-corrected chi connectivity index (χ1v) is 13.4. The van der Waals surface area contributed by atoms with Crippen molar-refractivity contribution in [1.82, 2.24) is 0 Å². The molecule has 3 aromatic rings. The van der Waals surface area contributed by atoms with E-state index < -0.39 is 84.6 Å². The van der Waals surface area contributed by atoms with Crippen molar-refractivity contribution in [2.24, 2.45) is 0 Å². The third-order valence-electron chi connectivity index (χ3n) is 6.95. The molecule has 4 rings (SSSR count). The molecule has 0 unspecified atom stereocenters. The summed E-state index contributed by atoms with van der Waals surface area (Å²) < 4.78 is 32.6. The lowest BCUT2D eigenvalue weighted by Gasteiger charge is -2.39. The number of carboxylic acid groups (broad SMARTS) is 1. The average Bonchev–Trinajstić information content (AvgIpc) is 2.96. The number of carboxylic acids is 1. The molecule has 0 saturated carbocycles. The second-order valence-electron chi connectivity index (χ2n) is 10.6. The van der Waals surface area contributed by atoms with Crippen molar-refractivity contribution in [3.63, 3.8) is 0 Å². The Morgan fingerprint density at radius 2 is 1.67 bits per heavy atom. The van der Waals surface area contributed by atoms with Crippen LogP contribution in [0.25, 0.3) is 22.3 Å². The second-order valence-corrected chi connectivity index (χ2v) is 10.6. The summed E-state index contributed by atoms with van der Waals surface area (Å²) in [5.41, 5.74) is -2.89. The zero-order valence-corrected chi connectivity index (χ0v) is 24.2. The largest absolute Gasteiger partial charge is 0.507 e. The van der Waals surface area contributed by atoms with Crippen LogP contribution < -0.4 is 19.6 Å².